The highest BCUT2D eigenvalue weighted by Gasteiger charge is 2.01. The summed E-state index contributed by atoms with van der Waals surface area (Å²) in [6, 6.07) is 4.49. The molecular formula is C13H19ClFNO. The molecule has 0 aliphatic rings. The topological polar surface area (TPSA) is 21.3 Å². The van der Waals surface area contributed by atoms with Gasteiger partial charge in [-0.25, -0.2) is 4.39 Å². The molecule has 96 valence electrons. The zero-order valence-corrected chi connectivity index (χ0v) is 11.1. The lowest BCUT2D eigenvalue weighted by atomic mass is 10.2. The minimum atomic E-state index is -0.443. The van der Waals surface area contributed by atoms with Crippen molar-refractivity contribution in [1.82, 2.24) is 5.32 Å². The molecule has 0 aliphatic heterocycles. The molecule has 0 unspecified atom stereocenters. The average Bonchev–Trinajstić information content (AvgIpc) is 2.27. The highest BCUT2D eigenvalue weighted by molar-refractivity contribution is 6.30. The van der Waals surface area contributed by atoms with E-state index >= 15 is 0 Å². The molecule has 0 heterocycles. The van der Waals surface area contributed by atoms with Crippen molar-refractivity contribution in [3.63, 3.8) is 0 Å². The van der Waals surface area contributed by atoms with Crippen LogP contribution in [0.1, 0.15) is 20.3 Å². The molecule has 0 atom stereocenters. The van der Waals surface area contributed by atoms with Gasteiger partial charge >= 0.3 is 0 Å². The molecule has 0 spiro atoms. The Morgan fingerprint density at radius 3 is 2.82 bits per heavy atom. The van der Waals surface area contributed by atoms with Gasteiger partial charge in [0.05, 0.1) is 11.6 Å². The van der Waals surface area contributed by atoms with Gasteiger partial charge in [-0.1, -0.05) is 25.4 Å². The minimum Gasteiger partial charge on any atom is -0.493 e. The molecule has 1 rings (SSSR count). The normalized spacial score (nSPS) is 10.9. The maximum absolute atomic E-state index is 13.1. The molecular weight excluding hydrogens is 241 g/mol. The predicted molar refractivity (Wildman–Crippen MR) is 69.2 cm³/mol. The summed E-state index contributed by atoms with van der Waals surface area (Å²) in [7, 11) is 0. The van der Waals surface area contributed by atoms with Crippen molar-refractivity contribution in [3.05, 3.63) is 29.0 Å². The van der Waals surface area contributed by atoms with E-state index in [9.17, 15) is 4.39 Å². The second-order valence-electron chi connectivity index (χ2n) is 4.38. The lowest BCUT2D eigenvalue weighted by Crippen LogP contribution is -2.22. The third-order valence-corrected chi connectivity index (χ3v) is 2.52. The second kappa shape index (κ2) is 7.51. The van der Waals surface area contributed by atoms with Gasteiger partial charge in [0.25, 0.3) is 0 Å². The van der Waals surface area contributed by atoms with Gasteiger partial charge in [0.2, 0.25) is 0 Å². The van der Waals surface area contributed by atoms with E-state index < -0.39 is 5.82 Å². The summed E-state index contributed by atoms with van der Waals surface area (Å²) in [5.41, 5.74) is 0. The Balaban J connectivity index is 2.16. The fourth-order valence-corrected chi connectivity index (χ4v) is 1.46. The van der Waals surface area contributed by atoms with Crippen molar-refractivity contribution in [2.75, 3.05) is 19.7 Å². The van der Waals surface area contributed by atoms with Crippen LogP contribution >= 0.6 is 11.6 Å². The van der Waals surface area contributed by atoms with Gasteiger partial charge < -0.3 is 10.1 Å². The highest BCUT2D eigenvalue weighted by atomic mass is 35.5. The Hall–Kier alpha value is -0.800. The van der Waals surface area contributed by atoms with Crippen molar-refractivity contribution in [2.45, 2.75) is 20.3 Å². The van der Waals surface area contributed by atoms with Crippen molar-refractivity contribution in [1.29, 1.82) is 0 Å². The number of hydrogen-bond donors (Lipinski definition) is 1. The van der Waals surface area contributed by atoms with E-state index in [4.69, 9.17) is 16.3 Å². The van der Waals surface area contributed by atoms with Crippen LogP contribution in [0.2, 0.25) is 5.02 Å². The van der Waals surface area contributed by atoms with E-state index in [-0.39, 0.29) is 5.02 Å². The van der Waals surface area contributed by atoms with Crippen molar-refractivity contribution in [2.24, 2.45) is 5.92 Å². The number of ether oxygens (including phenoxy) is 1. The molecule has 4 heteroatoms. The number of benzene rings is 1. The number of hydrogen-bond acceptors (Lipinski definition) is 2. The zero-order chi connectivity index (χ0) is 12.7. The molecule has 17 heavy (non-hydrogen) atoms. The second-order valence-corrected chi connectivity index (χ2v) is 4.78. The quantitative estimate of drug-likeness (QED) is 0.757. The van der Waals surface area contributed by atoms with E-state index in [1.807, 2.05) is 0 Å². The van der Waals surface area contributed by atoms with Crippen LogP contribution in [-0.4, -0.2) is 19.7 Å². The van der Waals surface area contributed by atoms with Crippen LogP contribution in [0.15, 0.2) is 18.2 Å². The molecule has 0 fully saturated rings. The summed E-state index contributed by atoms with van der Waals surface area (Å²) < 4.78 is 18.5. The maximum Gasteiger partial charge on any atom is 0.145 e. The van der Waals surface area contributed by atoms with Crippen molar-refractivity contribution in [3.8, 4) is 5.75 Å². The van der Waals surface area contributed by atoms with Gasteiger partial charge in [0.15, 0.2) is 0 Å². The molecule has 0 amide bonds. The van der Waals surface area contributed by atoms with Crippen LogP contribution in [0.3, 0.4) is 0 Å². The SMILES string of the molecule is CC(C)CNCCCOc1ccc(Cl)c(F)c1. The van der Waals surface area contributed by atoms with Gasteiger partial charge in [-0.05, 0) is 37.6 Å². The zero-order valence-electron chi connectivity index (χ0n) is 10.3. The first-order valence-corrected chi connectivity index (χ1v) is 6.26. The van der Waals surface area contributed by atoms with Crippen LogP contribution < -0.4 is 10.1 Å². The maximum atomic E-state index is 13.1. The fraction of sp³-hybridized carbons (Fsp3) is 0.538. The van der Waals surface area contributed by atoms with Gasteiger partial charge in [0, 0.05) is 6.07 Å². The van der Waals surface area contributed by atoms with E-state index in [1.165, 1.54) is 12.1 Å². The number of rotatable bonds is 7. The summed E-state index contributed by atoms with van der Waals surface area (Å²) in [6.45, 7) is 6.83. The van der Waals surface area contributed by atoms with Gasteiger partial charge in [0.1, 0.15) is 11.6 Å². The van der Waals surface area contributed by atoms with Crippen molar-refractivity contribution >= 4 is 11.6 Å². The first-order chi connectivity index (χ1) is 8.09. The lowest BCUT2D eigenvalue weighted by Gasteiger charge is -2.09. The molecule has 0 radical (unpaired) electrons. The summed E-state index contributed by atoms with van der Waals surface area (Å²) in [5.74, 6) is 0.735. The number of nitrogens with one attached hydrogen (secondary N) is 1. The Morgan fingerprint density at radius 2 is 2.18 bits per heavy atom. The van der Waals surface area contributed by atoms with Crippen LogP contribution in [0, 0.1) is 11.7 Å². The molecule has 1 N–H and O–H groups in total. The molecule has 0 saturated carbocycles. The first kappa shape index (κ1) is 14.3. The third kappa shape index (κ3) is 5.89. The van der Waals surface area contributed by atoms with Gasteiger partial charge in [-0.3, -0.25) is 0 Å². The largest absolute Gasteiger partial charge is 0.493 e. The Kier molecular flexibility index (Phi) is 6.30. The monoisotopic (exact) mass is 259 g/mol. The smallest absolute Gasteiger partial charge is 0.145 e. The molecule has 1 aromatic rings. The Bertz CT molecular complexity index is 344. The lowest BCUT2D eigenvalue weighted by molar-refractivity contribution is 0.305. The van der Waals surface area contributed by atoms with Gasteiger partial charge in [-0.2, -0.15) is 0 Å². The molecule has 0 saturated heterocycles. The summed E-state index contributed by atoms with van der Waals surface area (Å²) in [6.07, 6.45) is 0.900. The average molecular weight is 260 g/mol. The summed E-state index contributed by atoms with van der Waals surface area (Å²) in [5, 5.41) is 3.44. The third-order valence-electron chi connectivity index (χ3n) is 2.21. The summed E-state index contributed by atoms with van der Waals surface area (Å²) in [4.78, 5) is 0. The molecule has 1 aromatic carbocycles. The fourth-order valence-electron chi connectivity index (χ4n) is 1.34. The van der Waals surface area contributed by atoms with Crippen LogP contribution in [0.4, 0.5) is 4.39 Å². The number of halogens is 2. The Labute approximate surface area is 107 Å². The van der Waals surface area contributed by atoms with Crippen molar-refractivity contribution < 1.29 is 9.13 Å². The van der Waals surface area contributed by atoms with E-state index in [1.54, 1.807) is 6.07 Å². The first-order valence-electron chi connectivity index (χ1n) is 5.88. The predicted octanol–water partition coefficient (Wildman–Crippen LogP) is 3.49. The molecule has 0 aliphatic carbocycles. The molecule has 0 aromatic heterocycles. The van der Waals surface area contributed by atoms with E-state index in [0.29, 0.717) is 18.3 Å². The summed E-state index contributed by atoms with van der Waals surface area (Å²) >= 11 is 5.57. The van der Waals surface area contributed by atoms with E-state index in [0.717, 1.165) is 19.5 Å². The van der Waals surface area contributed by atoms with Crippen LogP contribution in [0.5, 0.6) is 5.75 Å². The van der Waals surface area contributed by atoms with Crippen LogP contribution in [-0.2, 0) is 0 Å². The highest BCUT2D eigenvalue weighted by Crippen LogP contribution is 2.20. The van der Waals surface area contributed by atoms with E-state index in [2.05, 4.69) is 19.2 Å². The van der Waals surface area contributed by atoms with Crippen LogP contribution in [0.25, 0.3) is 0 Å². The molecule has 2 nitrogen and oxygen atoms in total. The Morgan fingerprint density at radius 1 is 1.41 bits per heavy atom. The van der Waals surface area contributed by atoms with Gasteiger partial charge in [-0.15, -0.1) is 0 Å². The minimum absolute atomic E-state index is 0.121. The molecule has 0 bridgehead atoms. The standard InChI is InChI=1S/C13H19ClFNO/c1-10(2)9-16-6-3-7-17-11-4-5-12(14)13(15)8-11/h4-5,8,10,16H,3,6-7,9H2,1-2H3.